The Hall–Kier alpha value is -2.83. The molecule has 0 bridgehead atoms. The van der Waals surface area contributed by atoms with Gasteiger partial charge < -0.3 is 9.94 Å². The van der Waals surface area contributed by atoms with Gasteiger partial charge in [0.2, 0.25) is 0 Å². The first-order valence-electron chi connectivity index (χ1n) is 6.87. The van der Waals surface area contributed by atoms with E-state index < -0.39 is 4.92 Å². The molecule has 2 rings (SSSR count). The van der Waals surface area contributed by atoms with Crippen LogP contribution in [0.15, 0.2) is 42.6 Å². The largest absolute Gasteiger partial charge is 0.711 e. The molecule has 1 heterocycles. The van der Waals surface area contributed by atoms with Gasteiger partial charge in [-0.1, -0.05) is 12.1 Å². The highest BCUT2D eigenvalue weighted by molar-refractivity contribution is 5.40. The van der Waals surface area contributed by atoms with Crippen molar-refractivity contribution in [1.82, 2.24) is 0 Å². The van der Waals surface area contributed by atoms with Crippen molar-refractivity contribution >= 4 is 11.5 Å². The lowest BCUT2D eigenvalue weighted by Gasteiger charge is -2.09. The molecule has 0 saturated heterocycles. The van der Waals surface area contributed by atoms with Crippen LogP contribution in [0.25, 0.3) is 0 Å². The monoisotopic (exact) mass is 303 g/mol. The molecule has 0 radical (unpaired) electrons. The molecule has 7 nitrogen and oxygen atoms in total. The van der Waals surface area contributed by atoms with Crippen LogP contribution in [-0.2, 0) is 0 Å². The standard InChI is InChI=1S/C15H17N3O4/c1-12-4-2-5-14(10-12)22-9-3-7-16-15-11-13(18(20)21)6-8-17(15)19/h2,4-6,8,10-11,16H,3,7,9H2,1H3. The normalized spacial score (nSPS) is 10.2. The van der Waals surface area contributed by atoms with Gasteiger partial charge in [0.1, 0.15) is 18.0 Å². The van der Waals surface area contributed by atoms with Crippen LogP contribution in [0.2, 0.25) is 0 Å². The van der Waals surface area contributed by atoms with Gasteiger partial charge >= 0.3 is 0 Å². The Morgan fingerprint density at radius 2 is 2.14 bits per heavy atom. The third kappa shape index (κ3) is 4.34. The van der Waals surface area contributed by atoms with Crippen LogP contribution in [0.3, 0.4) is 0 Å². The summed E-state index contributed by atoms with van der Waals surface area (Å²) in [6.07, 6.45) is 1.78. The van der Waals surface area contributed by atoms with E-state index in [9.17, 15) is 15.3 Å². The third-order valence-electron chi connectivity index (χ3n) is 3.00. The summed E-state index contributed by atoms with van der Waals surface area (Å²) in [5, 5.41) is 25.1. The van der Waals surface area contributed by atoms with Crippen LogP contribution >= 0.6 is 0 Å². The number of nitro groups is 1. The molecular weight excluding hydrogens is 286 g/mol. The number of nitrogens with one attached hydrogen (secondary N) is 1. The molecule has 1 N–H and O–H groups in total. The Balaban J connectivity index is 1.79. The van der Waals surface area contributed by atoms with E-state index in [4.69, 9.17) is 4.74 Å². The quantitative estimate of drug-likeness (QED) is 0.279. The number of hydrogen-bond acceptors (Lipinski definition) is 5. The highest BCUT2D eigenvalue weighted by Gasteiger charge is 2.12. The van der Waals surface area contributed by atoms with Gasteiger partial charge in [-0.3, -0.25) is 15.4 Å². The molecule has 0 aliphatic carbocycles. The summed E-state index contributed by atoms with van der Waals surface area (Å²) in [5.74, 6) is 0.957. The van der Waals surface area contributed by atoms with Gasteiger partial charge in [0.15, 0.2) is 0 Å². The zero-order valence-corrected chi connectivity index (χ0v) is 12.2. The molecule has 116 valence electrons. The van der Waals surface area contributed by atoms with Crippen LogP contribution in [-0.4, -0.2) is 18.1 Å². The second-order valence-electron chi connectivity index (χ2n) is 4.80. The summed E-state index contributed by atoms with van der Waals surface area (Å²) in [4.78, 5) is 10.1. The van der Waals surface area contributed by atoms with Crippen LogP contribution in [0.1, 0.15) is 12.0 Å². The lowest BCUT2D eigenvalue weighted by molar-refractivity contribution is -0.591. The van der Waals surface area contributed by atoms with Crippen molar-refractivity contribution in [3.63, 3.8) is 0 Å². The lowest BCUT2D eigenvalue weighted by Crippen LogP contribution is -2.30. The van der Waals surface area contributed by atoms with E-state index in [2.05, 4.69) is 5.32 Å². The van der Waals surface area contributed by atoms with Crippen molar-refractivity contribution in [3.05, 3.63) is 63.5 Å². The van der Waals surface area contributed by atoms with Gasteiger partial charge in [0.05, 0.1) is 24.1 Å². The van der Waals surface area contributed by atoms with E-state index in [1.54, 1.807) is 0 Å². The summed E-state index contributed by atoms with van der Waals surface area (Å²) in [5.41, 5.74) is 1.00. The Morgan fingerprint density at radius 3 is 2.86 bits per heavy atom. The third-order valence-corrected chi connectivity index (χ3v) is 3.00. The molecule has 0 spiro atoms. The molecule has 2 aromatic rings. The van der Waals surface area contributed by atoms with Crippen molar-refractivity contribution in [1.29, 1.82) is 0 Å². The SMILES string of the molecule is Cc1cccc(OCCCNc2cc([N+](=O)[O-])cc[n+]2[O-])c1. The summed E-state index contributed by atoms with van der Waals surface area (Å²) in [7, 11) is 0. The Morgan fingerprint density at radius 1 is 1.32 bits per heavy atom. The minimum absolute atomic E-state index is 0.120. The Labute approximate surface area is 127 Å². The average molecular weight is 303 g/mol. The highest BCUT2D eigenvalue weighted by atomic mass is 16.6. The fourth-order valence-electron chi connectivity index (χ4n) is 1.90. The lowest BCUT2D eigenvalue weighted by atomic mass is 10.2. The highest BCUT2D eigenvalue weighted by Crippen LogP contribution is 2.14. The van der Waals surface area contributed by atoms with Crippen LogP contribution < -0.4 is 14.8 Å². The first-order chi connectivity index (χ1) is 10.6. The number of aryl methyl sites for hydroxylation is 1. The molecule has 0 atom stereocenters. The summed E-state index contributed by atoms with van der Waals surface area (Å²) < 4.78 is 6.15. The van der Waals surface area contributed by atoms with Crippen LogP contribution in [0.4, 0.5) is 11.5 Å². The van der Waals surface area contributed by atoms with Crippen molar-refractivity contribution in [2.75, 3.05) is 18.5 Å². The first-order valence-corrected chi connectivity index (χ1v) is 6.87. The van der Waals surface area contributed by atoms with Crippen LogP contribution in [0, 0.1) is 22.2 Å². The number of ether oxygens (including phenoxy) is 1. The van der Waals surface area contributed by atoms with E-state index in [1.807, 2.05) is 31.2 Å². The van der Waals surface area contributed by atoms with Gasteiger partial charge in [-0.15, -0.1) is 0 Å². The average Bonchev–Trinajstić information content (AvgIpc) is 2.48. The molecular formula is C15H17N3O4. The van der Waals surface area contributed by atoms with Crippen molar-refractivity contribution in [2.45, 2.75) is 13.3 Å². The van der Waals surface area contributed by atoms with E-state index >= 15 is 0 Å². The molecule has 0 fully saturated rings. The number of benzene rings is 1. The molecule has 0 aliphatic heterocycles. The topological polar surface area (TPSA) is 91.3 Å². The number of nitrogens with zero attached hydrogens (tertiary/aromatic N) is 2. The van der Waals surface area contributed by atoms with E-state index in [-0.39, 0.29) is 11.5 Å². The predicted molar refractivity (Wildman–Crippen MR) is 81.8 cm³/mol. The fourth-order valence-corrected chi connectivity index (χ4v) is 1.90. The van der Waals surface area contributed by atoms with Crippen molar-refractivity contribution in [2.24, 2.45) is 0 Å². The number of aromatic nitrogens is 1. The summed E-state index contributed by atoms with van der Waals surface area (Å²) in [6, 6.07) is 10.1. The number of hydrogen-bond donors (Lipinski definition) is 1. The molecule has 0 unspecified atom stereocenters. The molecule has 1 aromatic carbocycles. The molecule has 0 amide bonds. The van der Waals surface area contributed by atoms with Gasteiger partial charge in [-0.05, 0) is 24.6 Å². The van der Waals surface area contributed by atoms with Crippen LogP contribution in [0.5, 0.6) is 5.75 Å². The molecule has 0 saturated carbocycles. The maximum atomic E-state index is 11.5. The van der Waals surface area contributed by atoms with Gasteiger partial charge in [0.25, 0.3) is 11.5 Å². The fraction of sp³-hybridized carbons (Fsp3) is 0.267. The Bertz CT molecular complexity index is 661. The van der Waals surface area contributed by atoms with Gasteiger partial charge in [0, 0.05) is 6.42 Å². The second-order valence-corrected chi connectivity index (χ2v) is 4.80. The summed E-state index contributed by atoms with van der Waals surface area (Å²) >= 11 is 0. The second kappa shape index (κ2) is 7.26. The van der Waals surface area contributed by atoms with Gasteiger partial charge in [-0.25, -0.2) is 4.73 Å². The minimum atomic E-state index is -0.536. The van der Waals surface area contributed by atoms with E-state index in [0.717, 1.165) is 17.5 Å². The Kier molecular flexibility index (Phi) is 5.13. The zero-order chi connectivity index (χ0) is 15.9. The first kappa shape index (κ1) is 15.6. The van der Waals surface area contributed by atoms with E-state index in [1.165, 1.54) is 12.1 Å². The molecule has 22 heavy (non-hydrogen) atoms. The van der Waals surface area contributed by atoms with E-state index in [0.29, 0.717) is 24.3 Å². The molecule has 7 heteroatoms. The number of rotatable bonds is 7. The number of anilines is 1. The maximum absolute atomic E-state index is 11.5. The maximum Gasteiger partial charge on any atom is 0.284 e. The van der Waals surface area contributed by atoms with Gasteiger partial charge in [-0.2, -0.15) is 0 Å². The minimum Gasteiger partial charge on any atom is -0.711 e. The van der Waals surface area contributed by atoms with Crippen molar-refractivity contribution in [3.8, 4) is 5.75 Å². The number of pyridine rings is 1. The van der Waals surface area contributed by atoms with Crippen molar-refractivity contribution < 1.29 is 14.4 Å². The molecule has 0 aliphatic rings. The predicted octanol–water partition coefficient (Wildman–Crippen LogP) is 2.42. The molecule has 1 aromatic heterocycles. The smallest absolute Gasteiger partial charge is 0.284 e. The summed E-state index contributed by atoms with van der Waals surface area (Å²) in [6.45, 7) is 2.96. The zero-order valence-electron chi connectivity index (χ0n) is 12.2.